The number of aryl methyl sites for hydroxylation is 2. The molecule has 0 spiro atoms. The molecule has 2 heterocycles. The monoisotopic (exact) mass is 403 g/mol. The third-order valence-corrected chi connectivity index (χ3v) is 4.37. The molecule has 0 bridgehead atoms. The lowest BCUT2D eigenvalue weighted by Crippen LogP contribution is -2.15. The number of anilines is 1. The lowest BCUT2D eigenvalue weighted by molar-refractivity contribution is -0.385. The van der Waals surface area contributed by atoms with E-state index in [0.29, 0.717) is 16.9 Å². The summed E-state index contributed by atoms with van der Waals surface area (Å²) in [5.74, 6) is -0.218. The van der Waals surface area contributed by atoms with Gasteiger partial charge in [-0.2, -0.15) is 5.10 Å². The van der Waals surface area contributed by atoms with Crippen LogP contribution in [0, 0.1) is 17.0 Å². The Morgan fingerprint density at radius 3 is 2.92 bits per heavy atom. The summed E-state index contributed by atoms with van der Waals surface area (Å²) in [5.41, 5.74) is 1.58. The fraction of sp³-hybridized carbons (Fsp3) is 0.188. The molecule has 0 radical (unpaired) electrons. The number of aromatic nitrogens is 3. The van der Waals surface area contributed by atoms with Crippen LogP contribution in [0.5, 0.6) is 0 Å². The van der Waals surface area contributed by atoms with Crippen molar-refractivity contribution in [3.05, 3.63) is 56.9 Å². The van der Waals surface area contributed by atoms with Gasteiger partial charge in [-0.1, -0.05) is 22.0 Å². The van der Waals surface area contributed by atoms with Crippen molar-refractivity contribution in [2.75, 3.05) is 5.32 Å². The molecule has 1 amide bonds. The first kappa shape index (κ1) is 17.0. The molecule has 2 aromatic heterocycles. The number of carbonyl (C=O) groups is 1. The average Bonchev–Trinajstić information content (AvgIpc) is 2.97. The van der Waals surface area contributed by atoms with Gasteiger partial charge >= 0.3 is 5.69 Å². The Kier molecular flexibility index (Phi) is 4.75. The quantitative estimate of drug-likeness (QED) is 0.518. The molecule has 0 aliphatic carbocycles. The zero-order chi connectivity index (χ0) is 18.0. The minimum Gasteiger partial charge on any atom is -0.324 e. The molecule has 0 fully saturated rings. The fourth-order valence-corrected chi connectivity index (χ4v) is 2.92. The Morgan fingerprint density at radius 2 is 2.20 bits per heavy atom. The van der Waals surface area contributed by atoms with Crippen LogP contribution in [-0.2, 0) is 11.3 Å². The maximum atomic E-state index is 12.2. The predicted molar refractivity (Wildman–Crippen MR) is 96.3 cm³/mol. The maximum absolute atomic E-state index is 12.2. The van der Waals surface area contributed by atoms with Crippen LogP contribution in [0.15, 0.2) is 41.1 Å². The Morgan fingerprint density at radius 1 is 1.40 bits per heavy atom. The molecule has 8 nitrogen and oxygen atoms in total. The van der Waals surface area contributed by atoms with Crippen molar-refractivity contribution in [2.24, 2.45) is 0 Å². The van der Waals surface area contributed by atoms with Gasteiger partial charge in [-0.25, -0.2) is 0 Å². The highest BCUT2D eigenvalue weighted by Crippen LogP contribution is 2.28. The van der Waals surface area contributed by atoms with Crippen molar-refractivity contribution in [1.82, 2.24) is 14.8 Å². The highest BCUT2D eigenvalue weighted by molar-refractivity contribution is 9.10. The van der Waals surface area contributed by atoms with Crippen LogP contribution in [0.1, 0.15) is 12.1 Å². The summed E-state index contributed by atoms with van der Waals surface area (Å²) in [5, 5.41) is 18.6. The molecular weight excluding hydrogens is 390 g/mol. The summed E-state index contributed by atoms with van der Waals surface area (Å²) in [4.78, 5) is 26.9. The Labute approximate surface area is 151 Å². The average molecular weight is 404 g/mol. The normalized spacial score (nSPS) is 10.8. The lowest BCUT2D eigenvalue weighted by Gasteiger charge is -2.09. The van der Waals surface area contributed by atoms with Crippen molar-refractivity contribution < 1.29 is 9.72 Å². The molecule has 0 aliphatic rings. The topological polar surface area (TPSA) is 103 Å². The number of fused-ring (bicyclic) bond motifs is 1. The van der Waals surface area contributed by atoms with Gasteiger partial charge in [0.2, 0.25) is 5.91 Å². The molecule has 9 heteroatoms. The first-order valence-electron chi connectivity index (χ1n) is 7.47. The highest BCUT2D eigenvalue weighted by atomic mass is 79.9. The number of amides is 1. The lowest BCUT2D eigenvalue weighted by atomic mass is 10.2. The largest absolute Gasteiger partial charge is 0.324 e. The molecular formula is C16H14BrN5O3. The minimum absolute atomic E-state index is 0.0523. The molecule has 1 N–H and O–H groups in total. The molecule has 0 aliphatic heterocycles. The third kappa shape index (κ3) is 3.66. The van der Waals surface area contributed by atoms with Gasteiger partial charge < -0.3 is 5.32 Å². The SMILES string of the molecule is Cc1nn(CCC(=O)Nc2ccc(Br)c3cccnc23)cc1[N+](=O)[O-]. The van der Waals surface area contributed by atoms with E-state index in [-0.39, 0.29) is 24.6 Å². The minimum atomic E-state index is -0.488. The first-order chi connectivity index (χ1) is 12.0. The molecule has 3 rings (SSSR count). The molecule has 3 aromatic rings. The number of carbonyl (C=O) groups excluding carboxylic acids is 1. The Bertz CT molecular complexity index is 970. The summed E-state index contributed by atoms with van der Waals surface area (Å²) in [6.07, 6.45) is 3.14. The van der Waals surface area contributed by atoms with E-state index in [1.54, 1.807) is 19.2 Å². The smallest absolute Gasteiger partial charge is 0.309 e. The van der Waals surface area contributed by atoms with Crippen molar-refractivity contribution in [1.29, 1.82) is 0 Å². The van der Waals surface area contributed by atoms with E-state index >= 15 is 0 Å². The van der Waals surface area contributed by atoms with Gasteiger partial charge in [0.15, 0.2) is 0 Å². The van der Waals surface area contributed by atoms with E-state index in [2.05, 4.69) is 31.3 Å². The van der Waals surface area contributed by atoms with E-state index < -0.39 is 4.92 Å². The number of benzene rings is 1. The number of hydrogen-bond donors (Lipinski definition) is 1. The van der Waals surface area contributed by atoms with Crippen molar-refractivity contribution >= 4 is 44.1 Å². The first-order valence-corrected chi connectivity index (χ1v) is 8.26. The number of hydrogen-bond acceptors (Lipinski definition) is 5. The number of halogens is 1. The number of nitrogens with zero attached hydrogens (tertiary/aromatic N) is 4. The molecule has 0 saturated heterocycles. The second-order valence-corrected chi connectivity index (χ2v) is 6.27. The highest BCUT2D eigenvalue weighted by Gasteiger charge is 2.16. The number of nitro groups is 1. The van der Waals surface area contributed by atoms with Gasteiger partial charge in [0.1, 0.15) is 11.9 Å². The number of pyridine rings is 1. The molecule has 25 heavy (non-hydrogen) atoms. The van der Waals surface area contributed by atoms with E-state index in [1.807, 2.05) is 18.2 Å². The van der Waals surface area contributed by atoms with Crippen LogP contribution in [0.2, 0.25) is 0 Å². The Balaban J connectivity index is 1.70. The second-order valence-electron chi connectivity index (χ2n) is 5.41. The third-order valence-electron chi connectivity index (χ3n) is 3.68. The molecule has 128 valence electrons. The van der Waals surface area contributed by atoms with Crippen LogP contribution in [-0.4, -0.2) is 25.6 Å². The maximum Gasteiger partial charge on any atom is 0.309 e. The van der Waals surface area contributed by atoms with Crippen molar-refractivity contribution in [3.63, 3.8) is 0 Å². The van der Waals surface area contributed by atoms with Crippen molar-refractivity contribution in [2.45, 2.75) is 19.9 Å². The molecule has 0 atom stereocenters. The van der Waals surface area contributed by atoms with Gasteiger partial charge in [-0.15, -0.1) is 0 Å². The van der Waals surface area contributed by atoms with Crippen LogP contribution >= 0.6 is 15.9 Å². The number of nitrogens with one attached hydrogen (secondary N) is 1. The van der Waals surface area contributed by atoms with Gasteiger partial charge in [0, 0.05) is 29.0 Å². The van der Waals surface area contributed by atoms with Crippen LogP contribution in [0.3, 0.4) is 0 Å². The summed E-state index contributed by atoms with van der Waals surface area (Å²) >= 11 is 3.46. The molecule has 0 unspecified atom stereocenters. The van der Waals surface area contributed by atoms with E-state index in [0.717, 1.165) is 9.86 Å². The van der Waals surface area contributed by atoms with E-state index in [1.165, 1.54) is 10.9 Å². The second kappa shape index (κ2) is 6.98. The van der Waals surface area contributed by atoms with Crippen molar-refractivity contribution in [3.8, 4) is 0 Å². The van der Waals surface area contributed by atoms with Gasteiger partial charge in [-0.05, 0) is 25.1 Å². The van der Waals surface area contributed by atoms with Crippen LogP contribution in [0.4, 0.5) is 11.4 Å². The standard InChI is InChI=1S/C16H14BrN5O3/c1-10-14(22(24)25)9-21(20-10)8-6-15(23)19-13-5-4-12(17)11-3-2-7-18-16(11)13/h2-5,7,9H,6,8H2,1H3,(H,19,23). The molecule has 1 aromatic carbocycles. The zero-order valence-electron chi connectivity index (χ0n) is 13.3. The van der Waals surface area contributed by atoms with E-state index in [4.69, 9.17) is 0 Å². The van der Waals surface area contributed by atoms with Crippen LogP contribution < -0.4 is 5.32 Å². The predicted octanol–water partition coefficient (Wildman–Crippen LogP) is 3.44. The van der Waals surface area contributed by atoms with Crippen LogP contribution in [0.25, 0.3) is 10.9 Å². The zero-order valence-corrected chi connectivity index (χ0v) is 14.9. The van der Waals surface area contributed by atoms with Gasteiger partial charge in [0.25, 0.3) is 0 Å². The van der Waals surface area contributed by atoms with Gasteiger partial charge in [0.05, 0.1) is 16.1 Å². The summed E-state index contributed by atoms with van der Waals surface area (Å²) in [6, 6.07) is 7.36. The fourth-order valence-electron chi connectivity index (χ4n) is 2.47. The Hall–Kier alpha value is -2.81. The number of rotatable bonds is 5. The summed E-state index contributed by atoms with van der Waals surface area (Å²) in [6.45, 7) is 1.82. The summed E-state index contributed by atoms with van der Waals surface area (Å²) < 4.78 is 2.30. The van der Waals surface area contributed by atoms with Gasteiger partial charge in [-0.3, -0.25) is 24.6 Å². The summed E-state index contributed by atoms with van der Waals surface area (Å²) in [7, 11) is 0. The molecule has 0 saturated carbocycles. The van der Waals surface area contributed by atoms with E-state index in [9.17, 15) is 14.9 Å².